The maximum Gasteiger partial charge on any atom is 0.163 e. The van der Waals surface area contributed by atoms with Gasteiger partial charge in [-0.15, -0.1) is 0 Å². The largest absolute Gasteiger partial charge is 0.493 e. The lowest BCUT2D eigenvalue weighted by Gasteiger charge is -2.24. The van der Waals surface area contributed by atoms with Crippen molar-refractivity contribution in [3.05, 3.63) is 23.3 Å². The van der Waals surface area contributed by atoms with Crippen molar-refractivity contribution < 1.29 is 9.47 Å². The van der Waals surface area contributed by atoms with E-state index in [-0.39, 0.29) is 0 Å². The molecule has 0 aromatic heterocycles. The molecule has 1 aromatic rings. The average Bonchev–Trinajstić information content (AvgIpc) is 2.47. The Morgan fingerprint density at radius 1 is 1.37 bits per heavy atom. The predicted molar refractivity (Wildman–Crippen MR) is 73.6 cm³/mol. The van der Waals surface area contributed by atoms with Gasteiger partial charge in [0.15, 0.2) is 11.5 Å². The van der Waals surface area contributed by atoms with Gasteiger partial charge >= 0.3 is 0 Å². The number of ether oxygens (including phenoxy) is 2. The van der Waals surface area contributed by atoms with Crippen LogP contribution >= 0.6 is 0 Å². The molecule has 1 aliphatic rings. The maximum atomic E-state index is 9.09. The minimum Gasteiger partial charge on any atom is -0.493 e. The van der Waals surface area contributed by atoms with E-state index < -0.39 is 0 Å². The molecule has 0 aliphatic carbocycles. The molecule has 1 fully saturated rings. The summed E-state index contributed by atoms with van der Waals surface area (Å²) in [5, 5.41) is 12.5. The third kappa shape index (κ3) is 3.18. The molecule has 0 radical (unpaired) electrons. The summed E-state index contributed by atoms with van der Waals surface area (Å²) < 4.78 is 10.8. The highest BCUT2D eigenvalue weighted by Crippen LogP contribution is 2.34. The van der Waals surface area contributed by atoms with Crippen LogP contribution in [0.5, 0.6) is 11.5 Å². The number of methoxy groups -OCH3 is 2. The monoisotopic (exact) mass is 260 g/mol. The normalized spacial score (nSPS) is 18.7. The second-order valence-electron chi connectivity index (χ2n) is 4.90. The van der Waals surface area contributed by atoms with Crippen LogP contribution < -0.4 is 14.8 Å². The van der Waals surface area contributed by atoms with Crippen molar-refractivity contribution >= 4 is 0 Å². The lowest BCUT2D eigenvalue weighted by atomic mass is 9.91. The number of benzene rings is 1. The Kier molecular flexibility index (Phi) is 4.64. The van der Waals surface area contributed by atoms with Crippen LogP contribution in [-0.2, 0) is 6.42 Å². The molecule has 1 unspecified atom stereocenters. The van der Waals surface area contributed by atoms with Gasteiger partial charge in [-0.2, -0.15) is 5.26 Å². The Balaban J connectivity index is 2.28. The molecule has 0 spiro atoms. The number of piperidine rings is 1. The van der Waals surface area contributed by atoms with Gasteiger partial charge in [0.25, 0.3) is 0 Å². The molecule has 2 rings (SSSR count). The third-order valence-corrected chi connectivity index (χ3v) is 3.59. The summed E-state index contributed by atoms with van der Waals surface area (Å²) in [4.78, 5) is 0. The van der Waals surface area contributed by atoms with Crippen molar-refractivity contribution in [3.8, 4) is 17.6 Å². The van der Waals surface area contributed by atoms with Crippen molar-refractivity contribution in [2.24, 2.45) is 5.92 Å². The van der Waals surface area contributed by atoms with E-state index in [0.29, 0.717) is 17.2 Å². The first-order chi connectivity index (χ1) is 9.28. The summed E-state index contributed by atoms with van der Waals surface area (Å²) >= 11 is 0. The van der Waals surface area contributed by atoms with Crippen molar-refractivity contribution in [3.63, 3.8) is 0 Å². The van der Waals surface area contributed by atoms with Gasteiger partial charge in [0, 0.05) is 6.07 Å². The van der Waals surface area contributed by atoms with Crippen molar-refractivity contribution in [1.29, 1.82) is 5.26 Å². The Morgan fingerprint density at radius 3 is 2.79 bits per heavy atom. The lowest BCUT2D eigenvalue weighted by molar-refractivity contribution is 0.340. The first-order valence-electron chi connectivity index (χ1n) is 6.64. The molecule has 0 bridgehead atoms. The van der Waals surface area contributed by atoms with Crippen molar-refractivity contribution in [2.75, 3.05) is 27.3 Å². The van der Waals surface area contributed by atoms with E-state index in [1.165, 1.54) is 12.8 Å². The van der Waals surface area contributed by atoms with Gasteiger partial charge in [-0.1, -0.05) is 0 Å². The van der Waals surface area contributed by atoms with Crippen LogP contribution in [0.1, 0.15) is 24.0 Å². The summed E-state index contributed by atoms with van der Waals surface area (Å²) in [6.45, 7) is 2.14. The van der Waals surface area contributed by atoms with E-state index in [4.69, 9.17) is 14.7 Å². The fourth-order valence-electron chi connectivity index (χ4n) is 2.67. The minimum absolute atomic E-state index is 0.598. The van der Waals surface area contributed by atoms with Crippen molar-refractivity contribution in [1.82, 2.24) is 5.32 Å². The standard InChI is InChI=1S/C15H20N2O2/c1-18-14-8-12(9-16)7-13(15(14)19-2)6-11-4-3-5-17-10-11/h7-8,11,17H,3-6,10H2,1-2H3. The molecule has 4 heteroatoms. The molecule has 102 valence electrons. The average molecular weight is 260 g/mol. The first kappa shape index (κ1) is 13.7. The maximum absolute atomic E-state index is 9.09. The summed E-state index contributed by atoms with van der Waals surface area (Å²) in [6.07, 6.45) is 3.35. The fraction of sp³-hybridized carbons (Fsp3) is 0.533. The zero-order valence-corrected chi connectivity index (χ0v) is 11.5. The summed E-state index contributed by atoms with van der Waals surface area (Å²) in [5.41, 5.74) is 1.68. The van der Waals surface area contributed by atoms with E-state index in [1.807, 2.05) is 6.07 Å². The quantitative estimate of drug-likeness (QED) is 0.901. The molecule has 19 heavy (non-hydrogen) atoms. The molecular weight excluding hydrogens is 240 g/mol. The molecule has 1 heterocycles. The predicted octanol–water partition coefficient (Wildman–Crippen LogP) is 2.12. The molecule has 1 N–H and O–H groups in total. The van der Waals surface area contributed by atoms with Crippen LogP contribution in [0, 0.1) is 17.2 Å². The first-order valence-corrected chi connectivity index (χ1v) is 6.64. The molecule has 1 aliphatic heterocycles. The Hall–Kier alpha value is -1.73. The molecular formula is C15H20N2O2. The van der Waals surface area contributed by atoms with E-state index in [1.54, 1.807) is 20.3 Å². The second-order valence-corrected chi connectivity index (χ2v) is 4.90. The SMILES string of the molecule is COc1cc(C#N)cc(CC2CCCNC2)c1OC. The van der Waals surface area contributed by atoms with E-state index in [9.17, 15) is 0 Å². The minimum atomic E-state index is 0.598. The molecule has 1 saturated heterocycles. The fourth-order valence-corrected chi connectivity index (χ4v) is 2.67. The van der Waals surface area contributed by atoms with E-state index in [2.05, 4.69) is 11.4 Å². The number of nitriles is 1. The van der Waals surface area contributed by atoms with Crippen LogP contribution in [0.2, 0.25) is 0 Å². The van der Waals surface area contributed by atoms with Gasteiger partial charge in [-0.3, -0.25) is 0 Å². The molecule has 4 nitrogen and oxygen atoms in total. The van der Waals surface area contributed by atoms with E-state index >= 15 is 0 Å². The number of hydrogen-bond donors (Lipinski definition) is 1. The Bertz CT molecular complexity index is 474. The molecule has 0 saturated carbocycles. The zero-order valence-electron chi connectivity index (χ0n) is 11.5. The topological polar surface area (TPSA) is 54.3 Å². The lowest BCUT2D eigenvalue weighted by Crippen LogP contribution is -2.30. The van der Waals surface area contributed by atoms with Gasteiger partial charge in [-0.05, 0) is 49.9 Å². The number of nitrogens with one attached hydrogen (secondary N) is 1. The Labute approximate surface area is 114 Å². The second kappa shape index (κ2) is 6.44. The number of nitrogens with zero attached hydrogens (tertiary/aromatic N) is 1. The summed E-state index contributed by atoms with van der Waals surface area (Å²) in [5.74, 6) is 1.99. The van der Waals surface area contributed by atoms with Crippen LogP contribution in [0.15, 0.2) is 12.1 Å². The van der Waals surface area contributed by atoms with Crippen LogP contribution in [0.25, 0.3) is 0 Å². The molecule has 1 aromatic carbocycles. The number of hydrogen-bond acceptors (Lipinski definition) is 4. The van der Waals surface area contributed by atoms with Gasteiger partial charge in [0.05, 0.1) is 25.9 Å². The van der Waals surface area contributed by atoms with Crippen LogP contribution in [0.4, 0.5) is 0 Å². The van der Waals surface area contributed by atoms with Crippen LogP contribution in [0.3, 0.4) is 0 Å². The third-order valence-electron chi connectivity index (χ3n) is 3.59. The highest BCUT2D eigenvalue weighted by atomic mass is 16.5. The zero-order chi connectivity index (χ0) is 13.7. The highest BCUT2D eigenvalue weighted by molar-refractivity contribution is 5.52. The summed E-state index contributed by atoms with van der Waals surface area (Å²) in [7, 11) is 3.25. The highest BCUT2D eigenvalue weighted by Gasteiger charge is 2.18. The van der Waals surface area contributed by atoms with Gasteiger partial charge in [-0.25, -0.2) is 0 Å². The molecule has 0 amide bonds. The summed E-state index contributed by atoms with van der Waals surface area (Å²) in [6, 6.07) is 5.82. The number of rotatable bonds is 4. The van der Waals surface area contributed by atoms with Crippen molar-refractivity contribution in [2.45, 2.75) is 19.3 Å². The Morgan fingerprint density at radius 2 is 2.21 bits per heavy atom. The van der Waals surface area contributed by atoms with Crippen LogP contribution in [-0.4, -0.2) is 27.3 Å². The van der Waals surface area contributed by atoms with Gasteiger partial charge in [0.1, 0.15) is 0 Å². The van der Waals surface area contributed by atoms with Gasteiger partial charge in [0.2, 0.25) is 0 Å². The van der Waals surface area contributed by atoms with E-state index in [0.717, 1.165) is 30.8 Å². The smallest absolute Gasteiger partial charge is 0.163 e. The molecule has 1 atom stereocenters. The van der Waals surface area contributed by atoms with Gasteiger partial charge < -0.3 is 14.8 Å².